The number of rotatable bonds is 5. The minimum Gasteiger partial charge on any atom is -0.317 e. The highest BCUT2D eigenvalue weighted by Crippen LogP contribution is 2.50. The Morgan fingerprint density at radius 2 is 1.69 bits per heavy atom. The van der Waals surface area contributed by atoms with Gasteiger partial charge in [0.2, 0.25) is 0 Å². The van der Waals surface area contributed by atoms with Crippen LogP contribution in [0.5, 0.6) is 0 Å². The molecule has 1 saturated heterocycles. The summed E-state index contributed by atoms with van der Waals surface area (Å²) in [4.78, 5) is 12.9. The van der Waals surface area contributed by atoms with Crippen molar-refractivity contribution in [3.8, 4) is 0 Å². The maximum absolute atomic E-state index is 12.9. The number of para-hydroxylation sites is 2. The Kier molecular flexibility index (Phi) is 4.83. The van der Waals surface area contributed by atoms with E-state index in [0.29, 0.717) is 11.3 Å². The molecular formula is C25H31N3O. The smallest absolute Gasteiger partial charge is 0.317 e. The summed E-state index contributed by atoms with van der Waals surface area (Å²) >= 11 is 0. The number of piperidine rings is 1. The van der Waals surface area contributed by atoms with Crippen LogP contribution in [-0.4, -0.2) is 22.2 Å². The van der Waals surface area contributed by atoms with Crippen LogP contribution in [0.2, 0.25) is 0 Å². The molecule has 152 valence electrons. The highest BCUT2D eigenvalue weighted by molar-refractivity contribution is 5.75. The highest BCUT2D eigenvalue weighted by Gasteiger charge is 2.46. The third kappa shape index (κ3) is 2.96. The summed E-state index contributed by atoms with van der Waals surface area (Å²) in [5, 5.41) is 3.56. The molecule has 2 heterocycles. The fourth-order valence-electron chi connectivity index (χ4n) is 6.08. The van der Waals surface area contributed by atoms with Gasteiger partial charge in [-0.15, -0.1) is 0 Å². The lowest BCUT2D eigenvalue weighted by Crippen LogP contribution is -2.43. The van der Waals surface area contributed by atoms with Crippen molar-refractivity contribution in [2.75, 3.05) is 13.1 Å². The Hall–Kier alpha value is -2.33. The van der Waals surface area contributed by atoms with Crippen LogP contribution in [0.3, 0.4) is 0 Å². The first-order chi connectivity index (χ1) is 14.2. The first-order valence-electron chi connectivity index (χ1n) is 11.2. The quantitative estimate of drug-likeness (QED) is 0.714. The van der Waals surface area contributed by atoms with E-state index in [1.165, 1.54) is 25.7 Å². The van der Waals surface area contributed by atoms with Gasteiger partial charge in [0, 0.05) is 18.5 Å². The maximum atomic E-state index is 12.9. The van der Waals surface area contributed by atoms with Crippen LogP contribution in [0.15, 0.2) is 53.3 Å². The van der Waals surface area contributed by atoms with Gasteiger partial charge in [0.25, 0.3) is 0 Å². The molecule has 5 rings (SSSR count). The van der Waals surface area contributed by atoms with E-state index < -0.39 is 0 Å². The number of aryl methyl sites for hydroxylation is 2. The van der Waals surface area contributed by atoms with Gasteiger partial charge in [-0.3, -0.25) is 9.13 Å². The predicted molar refractivity (Wildman–Crippen MR) is 119 cm³/mol. The lowest BCUT2D eigenvalue weighted by atomic mass is 9.67. The zero-order chi connectivity index (χ0) is 19.8. The summed E-state index contributed by atoms with van der Waals surface area (Å²) in [6.45, 7) is 5.82. The average Bonchev–Trinajstić information content (AvgIpc) is 3.21. The number of benzene rings is 2. The number of hydrogen-bond donors (Lipinski definition) is 1. The summed E-state index contributed by atoms with van der Waals surface area (Å²) < 4.78 is 3.89. The van der Waals surface area contributed by atoms with Crippen LogP contribution in [0.25, 0.3) is 11.0 Å². The molecule has 29 heavy (non-hydrogen) atoms. The molecule has 4 nitrogen and oxygen atoms in total. The van der Waals surface area contributed by atoms with Gasteiger partial charge >= 0.3 is 5.69 Å². The molecule has 1 spiro atoms. The number of nitrogens with zero attached hydrogens (tertiary/aromatic N) is 2. The van der Waals surface area contributed by atoms with Gasteiger partial charge in [-0.2, -0.15) is 0 Å². The molecule has 0 bridgehead atoms. The molecule has 1 atom stereocenters. The first kappa shape index (κ1) is 18.7. The molecule has 2 aliphatic rings. The van der Waals surface area contributed by atoms with Crippen molar-refractivity contribution in [1.29, 1.82) is 0 Å². The molecule has 1 aromatic heterocycles. The van der Waals surface area contributed by atoms with Crippen molar-refractivity contribution < 1.29 is 0 Å². The zero-order valence-corrected chi connectivity index (χ0v) is 17.4. The molecule has 1 aliphatic heterocycles. The monoisotopic (exact) mass is 389 g/mol. The molecule has 4 heteroatoms. The number of aromatic nitrogens is 2. The van der Waals surface area contributed by atoms with Gasteiger partial charge in [0.1, 0.15) is 0 Å². The van der Waals surface area contributed by atoms with Crippen LogP contribution in [-0.2, 0) is 24.9 Å². The van der Waals surface area contributed by atoms with E-state index in [-0.39, 0.29) is 5.69 Å². The van der Waals surface area contributed by atoms with Gasteiger partial charge in [-0.1, -0.05) is 36.4 Å². The van der Waals surface area contributed by atoms with Crippen LogP contribution in [0.4, 0.5) is 0 Å². The molecule has 0 amide bonds. The first-order valence-corrected chi connectivity index (χ1v) is 11.2. The minimum absolute atomic E-state index is 0.139. The van der Waals surface area contributed by atoms with E-state index in [4.69, 9.17) is 0 Å². The zero-order valence-electron chi connectivity index (χ0n) is 17.4. The van der Waals surface area contributed by atoms with Crippen molar-refractivity contribution in [2.24, 2.45) is 5.92 Å². The second-order valence-corrected chi connectivity index (χ2v) is 8.77. The molecule has 0 unspecified atom stereocenters. The molecule has 3 aromatic rings. The minimum atomic E-state index is 0.139. The molecule has 1 N–H and O–H groups in total. The van der Waals surface area contributed by atoms with Crippen molar-refractivity contribution in [3.05, 3.63) is 70.1 Å². The van der Waals surface area contributed by atoms with Crippen LogP contribution in [0, 0.1) is 5.92 Å². The highest BCUT2D eigenvalue weighted by atomic mass is 16.1. The number of fused-ring (bicyclic) bond motifs is 3. The summed E-state index contributed by atoms with van der Waals surface area (Å²) in [5.74, 6) is 0.692. The molecule has 2 aromatic carbocycles. The van der Waals surface area contributed by atoms with Crippen molar-refractivity contribution in [1.82, 2.24) is 14.5 Å². The normalized spacial score (nSPS) is 20.4. The fraction of sp³-hybridized carbons (Fsp3) is 0.480. The van der Waals surface area contributed by atoms with Crippen molar-refractivity contribution in [2.45, 2.75) is 57.5 Å². The Morgan fingerprint density at radius 3 is 2.45 bits per heavy atom. The summed E-state index contributed by atoms with van der Waals surface area (Å²) in [5.41, 5.74) is 5.77. The molecular weight excluding hydrogens is 358 g/mol. The number of nitrogens with one attached hydrogen (secondary N) is 1. The predicted octanol–water partition coefficient (Wildman–Crippen LogP) is 4.10. The SMILES string of the molecule is CCn1c(=O)n(CCC[C@@H]2Cc3ccccc3C23CCNCC3)c2ccccc21. The summed E-state index contributed by atoms with van der Waals surface area (Å²) in [6, 6.07) is 17.3. The molecule has 1 fully saturated rings. The number of imidazole rings is 1. The van der Waals surface area contributed by atoms with Gasteiger partial charge in [0.15, 0.2) is 0 Å². The Labute approximate surface area is 172 Å². The molecule has 0 saturated carbocycles. The number of hydrogen-bond acceptors (Lipinski definition) is 2. The maximum Gasteiger partial charge on any atom is 0.329 e. The van der Waals surface area contributed by atoms with Crippen molar-refractivity contribution >= 4 is 11.0 Å². The largest absolute Gasteiger partial charge is 0.329 e. The molecule has 0 radical (unpaired) electrons. The summed E-state index contributed by atoms with van der Waals surface area (Å²) in [7, 11) is 0. The Bertz CT molecular complexity index is 1070. The van der Waals surface area contributed by atoms with E-state index in [0.717, 1.165) is 43.6 Å². The Balaban J connectivity index is 1.38. The molecule has 1 aliphatic carbocycles. The lowest BCUT2D eigenvalue weighted by Gasteiger charge is -2.40. The van der Waals surface area contributed by atoms with E-state index >= 15 is 0 Å². The third-order valence-electron chi connectivity index (χ3n) is 7.47. The van der Waals surface area contributed by atoms with Crippen LogP contribution in [0.1, 0.15) is 43.7 Å². The third-order valence-corrected chi connectivity index (χ3v) is 7.47. The van der Waals surface area contributed by atoms with Crippen molar-refractivity contribution in [3.63, 3.8) is 0 Å². The van der Waals surface area contributed by atoms with Crippen LogP contribution < -0.4 is 11.0 Å². The van der Waals surface area contributed by atoms with Gasteiger partial charge in [-0.25, -0.2) is 4.79 Å². The summed E-state index contributed by atoms with van der Waals surface area (Å²) in [6.07, 6.45) is 5.92. The van der Waals surface area contributed by atoms with E-state index in [2.05, 4.69) is 48.6 Å². The van der Waals surface area contributed by atoms with Gasteiger partial charge in [0.05, 0.1) is 11.0 Å². The second-order valence-electron chi connectivity index (χ2n) is 8.77. The lowest BCUT2D eigenvalue weighted by molar-refractivity contribution is 0.205. The standard InChI is InChI=1S/C25H31N3O/c1-2-27-22-11-5-6-12-23(22)28(24(27)29)17-7-9-20-18-19-8-3-4-10-21(19)25(20)13-15-26-16-14-25/h3-6,8,10-12,20,26H,2,7,9,13-18H2,1H3/t20-/m1/s1. The van der Waals surface area contributed by atoms with Crippen LogP contribution >= 0.6 is 0 Å². The Morgan fingerprint density at radius 1 is 1.00 bits per heavy atom. The topological polar surface area (TPSA) is 39.0 Å². The van der Waals surface area contributed by atoms with Gasteiger partial charge < -0.3 is 5.32 Å². The average molecular weight is 390 g/mol. The fourth-order valence-corrected chi connectivity index (χ4v) is 6.08. The second kappa shape index (κ2) is 7.49. The van der Waals surface area contributed by atoms with E-state index in [9.17, 15) is 4.79 Å². The van der Waals surface area contributed by atoms with E-state index in [1.807, 2.05) is 21.3 Å². The van der Waals surface area contributed by atoms with E-state index in [1.54, 1.807) is 11.1 Å². The van der Waals surface area contributed by atoms with Gasteiger partial charge in [-0.05, 0) is 81.3 Å².